The predicted octanol–water partition coefficient (Wildman–Crippen LogP) is 17.5. The summed E-state index contributed by atoms with van der Waals surface area (Å²) >= 11 is 0. The first-order valence-corrected chi connectivity index (χ1v) is 24.0. The van der Waals surface area contributed by atoms with Crippen LogP contribution in [-0.2, 0) is 26.5 Å². The molecule has 13 aromatic rings. The quantitative estimate of drug-likeness (QED) is 0.101. The summed E-state index contributed by atoms with van der Waals surface area (Å²) in [6, 6.07) is 25.2. The number of aromatic nitrogens is 4. The summed E-state index contributed by atoms with van der Waals surface area (Å²) in [5, 5.41) is 1.37. The molecule has 0 saturated carbocycles. The fraction of sp³-hybridized carbons (Fsp3) is 0.0704. The molecule has 77 heavy (non-hydrogen) atoms. The van der Waals surface area contributed by atoms with Gasteiger partial charge >= 0.3 is 0 Å². The summed E-state index contributed by atoms with van der Waals surface area (Å²) in [6.45, 7) is 3.38. The number of benzene rings is 10. The maximum absolute atomic E-state index is 9.48. The van der Waals surface area contributed by atoms with Crippen molar-refractivity contribution in [3.05, 3.63) is 272 Å². The smallest absolute Gasteiger partial charge is 0.268 e. The van der Waals surface area contributed by atoms with Gasteiger partial charge < -0.3 is 13.9 Å². The van der Waals surface area contributed by atoms with Crippen LogP contribution in [0.25, 0.3) is 106 Å². The van der Waals surface area contributed by atoms with Crippen LogP contribution in [0, 0.1) is 25.3 Å². The number of hydrogen-bond donors (Lipinski definition) is 0. The van der Waals surface area contributed by atoms with Crippen LogP contribution in [0.3, 0.4) is 0 Å². The maximum Gasteiger partial charge on any atom is 0.268 e. The van der Waals surface area contributed by atoms with Crippen molar-refractivity contribution in [2.45, 2.75) is 33.0 Å². The molecule has 0 N–H and O–H groups in total. The van der Waals surface area contributed by atoms with Crippen molar-refractivity contribution in [1.29, 1.82) is 0 Å². The minimum absolute atomic E-state index is 0. The first kappa shape index (κ1) is 29.4. The van der Waals surface area contributed by atoms with Gasteiger partial charge in [0.2, 0.25) is 0 Å². The number of pyridine rings is 1. The third-order valence-electron chi connectivity index (χ3n) is 13.1. The van der Waals surface area contributed by atoms with Crippen LogP contribution in [0.2, 0.25) is 0 Å². The normalized spacial score (nSPS) is 15.9. The van der Waals surface area contributed by atoms with E-state index in [1.54, 1.807) is 63.7 Å². The molecule has 10 aromatic carbocycles. The SMILES string of the molecule is [2H]c1c([2H])c([2H])c(-c2cc(-c3c([2H])c([2H])c([2H])c([2H])c3[2H])c(-[n+]3[c-]n(-c4[c-]c(Oc5[c-]c6c(cc5)c5ccccc5n6-c5cc(C([2H])([2H])[2H])c(-c6c([2H])c([2H])c([2H])c([2H])c6[2H])cn5)ccc4)c4cc(-c5ccc(C(C)(C)C)cc5)ccc43)c(-c3c([2H])c([2H])c([2H])c([2H])c3[2H])c2)c([2H])c1[2H].[Pt]. The fourth-order valence-electron chi connectivity index (χ4n) is 9.43. The van der Waals surface area contributed by atoms with Crippen molar-refractivity contribution in [1.82, 2.24) is 14.1 Å². The van der Waals surface area contributed by atoms with Gasteiger partial charge in [0, 0.05) is 54.0 Å². The van der Waals surface area contributed by atoms with E-state index in [0.29, 0.717) is 27.5 Å². The summed E-state index contributed by atoms with van der Waals surface area (Å²) in [4.78, 5) is 4.68. The second kappa shape index (κ2) is 20.3. The number of ether oxygens (including phenoxy) is 1. The Labute approximate surface area is 496 Å². The number of para-hydroxylation sites is 1. The van der Waals surface area contributed by atoms with Gasteiger partial charge in [-0.2, -0.15) is 18.2 Å². The molecular weight excluding hydrogens is 1120 g/mol. The van der Waals surface area contributed by atoms with E-state index in [2.05, 4.69) is 44.2 Å². The Morgan fingerprint density at radius 1 is 0.532 bits per heavy atom. The molecule has 3 heterocycles. The van der Waals surface area contributed by atoms with Crippen LogP contribution in [0.5, 0.6) is 11.5 Å². The summed E-state index contributed by atoms with van der Waals surface area (Å²) < 4.78 is 215. The molecule has 0 amide bonds. The molecule has 0 unspecified atom stereocenters. The van der Waals surface area contributed by atoms with Gasteiger partial charge in [-0.1, -0.05) is 202 Å². The fourth-order valence-corrected chi connectivity index (χ4v) is 9.43. The molecule has 5 nitrogen and oxygen atoms in total. The second-order valence-electron chi connectivity index (χ2n) is 18.7. The monoisotopic (exact) mass is 1190 g/mol. The molecule has 0 bridgehead atoms. The van der Waals surface area contributed by atoms with E-state index in [0.717, 1.165) is 16.5 Å². The second-order valence-corrected chi connectivity index (χ2v) is 18.7. The van der Waals surface area contributed by atoms with Crippen molar-refractivity contribution in [2.24, 2.45) is 0 Å². The molecule has 0 aliphatic rings. The zero-order chi connectivity index (χ0) is 71.2. The van der Waals surface area contributed by atoms with Crippen molar-refractivity contribution in [3.63, 3.8) is 0 Å². The molecule has 3 aromatic heterocycles. The van der Waals surface area contributed by atoms with Crippen LogP contribution in [0.1, 0.15) is 63.4 Å². The van der Waals surface area contributed by atoms with Crippen LogP contribution in [-0.4, -0.2) is 14.1 Å². The molecule has 0 radical (unpaired) electrons. The molecule has 0 saturated heterocycles. The number of aryl methyl sites for hydroxylation is 1. The van der Waals surface area contributed by atoms with E-state index in [1.165, 1.54) is 29.0 Å². The van der Waals surface area contributed by atoms with E-state index in [-0.39, 0.29) is 94.1 Å². The summed E-state index contributed by atoms with van der Waals surface area (Å²) in [5.74, 6) is 0.330. The summed E-state index contributed by atoms with van der Waals surface area (Å²) in [6.07, 6.45) is 4.57. The van der Waals surface area contributed by atoms with Crippen LogP contribution < -0.4 is 9.30 Å². The Bertz CT molecular complexity index is 5440. The Balaban J connectivity index is 0.00000948. The summed E-state index contributed by atoms with van der Waals surface area (Å²) in [5.41, 5.74) is 1.05. The van der Waals surface area contributed by atoms with Gasteiger partial charge in [-0.25, -0.2) is 4.98 Å². The van der Waals surface area contributed by atoms with E-state index in [1.807, 2.05) is 42.5 Å². The topological polar surface area (TPSA) is 35.9 Å². The molecule has 0 aliphatic carbocycles. The average Bonchev–Trinajstić information content (AvgIpc) is 1.65. The molecule has 0 spiro atoms. The molecular formula is C71H52N4OPt-2. The van der Waals surface area contributed by atoms with E-state index in [9.17, 15) is 5.48 Å². The molecule has 0 fully saturated rings. The maximum atomic E-state index is 9.48. The zero-order valence-corrected chi connectivity index (χ0v) is 43.3. The van der Waals surface area contributed by atoms with Gasteiger partial charge in [-0.05, 0) is 115 Å². The largest absolute Gasteiger partial charge is 0.510 e. The minimum atomic E-state index is -2.88. The van der Waals surface area contributed by atoms with Gasteiger partial charge in [0.15, 0.2) is 0 Å². The Hall–Kier alpha value is -8.89. The van der Waals surface area contributed by atoms with Crippen molar-refractivity contribution in [2.75, 3.05) is 0 Å². The van der Waals surface area contributed by atoms with Crippen LogP contribution >= 0.6 is 0 Å². The van der Waals surface area contributed by atoms with Crippen molar-refractivity contribution < 1.29 is 61.9 Å². The third kappa shape index (κ3) is 9.28. The number of rotatable bonds is 10. The van der Waals surface area contributed by atoms with Crippen LogP contribution in [0.4, 0.5) is 0 Å². The predicted molar refractivity (Wildman–Crippen MR) is 311 cm³/mol. The summed E-state index contributed by atoms with van der Waals surface area (Å²) in [7, 11) is 0. The Morgan fingerprint density at radius 3 is 1.79 bits per heavy atom. The standard InChI is InChI=1S/C71H52N4O.Pt/c1-48-40-69(72-46-64(48)53-26-15-8-16-27-53)75-65-31-18-17-30-60(65)61-38-37-59(45-67(61)75)76-58-29-19-28-57(44-58)73-47-74(66-39-34-54(43-68(66)73)50-32-35-56(36-33-50)71(2,3)4)70-62(51-22-11-6-12-23-51)41-55(49-20-9-5-10-21-49)42-63(70)52-24-13-7-14-25-52;/h5-43,46H,1-4H3;/q-2;/i1D3,5D,6D,7D,8D,9D,10D,11D,12D,13D,14D,15D,16D,20D,21D,22D,23D,24D,25D,26D,27D;. The van der Waals surface area contributed by atoms with E-state index in [4.69, 9.17) is 30.8 Å². The average molecular weight is 1200 g/mol. The molecule has 0 aliphatic heterocycles. The minimum Gasteiger partial charge on any atom is -0.510 e. The van der Waals surface area contributed by atoms with E-state index < -0.39 is 144 Å². The first-order chi connectivity index (χ1) is 46.7. The number of imidazole rings is 1. The molecule has 0 atom stereocenters. The van der Waals surface area contributed by atoms with Gasteiger partial charge in [0.25, 0.3) is 6.33 Å². The number of nitrogens with zero attached hydrogens (tertiary/aromatic N) is 4. The Morgan fingerprint density at radius 2 is 1.14 bits per heavy atom. The molecule has 6 heteroatoms. The zero-order valence-electron chi connectivity index (χ0n) is 64.1. The van der Waals surface area contributed by atoms with Crippen molar-refractivity contribution in [3.8, 4) is 84.3 Å². The van der Waals surface area contributed by atoms with Crippen molar-refractivity contribution >= 4 is 32.8 Å². The van der Waals surface area contributed by atoms with Gasteiger partial charge in [-0.15, -0.1) is 29.7 Å². The third-order valence-corrected chi connectivity index (χ3v) is 13.1. The number of fused-ring (bicyclic) bond motifs is 4. The number of hydrogen-bond acceptors (Lipinski definition) is 2. The van der Waals surface area contributed by atoms with Gasteiger partial charge in [0.05, 0.1) is 44.1 Å². The van der Waals surface area contributed by atoms with Gasteiger partial charge in [-0.3, -0.25) is 4.57 Å². The molecule has 13 rings (SSSR count). The van der Waals surface area contributed by atoms with Gasteiger partial charge in [0.1, 0.15) is 5.82 Å². The molecule has 374 valence electrons. The van der Waals surface area contributed by atoms with Crippen LogP contribution in [0.15, 0.2) is 242 Å². The Kier molecular flexibility index (Phi) is 7.77. The first-order valence-electron chi connectivity index (χ1n) is 35.5. The van der Waals surface area contributed by atoms with E-state index >= 15 is 0 Å².